The number of fused-ring (bicyclic) bond motifs is 1. The van der Waals surface area contributed by atoms with Crippen molar-refractivity contribution < 1.29 is 9.53 Å². The van der Waals surface area contributed by atoms with E-state index in [1.54, 1.807) is 11.3 Å². The molecule has 2 aromatic heterocycles. The monoisotopic (exact) mass is 565 g/mol. The molecule has 3 aromatic carbocycles. The number of nitrogens with zero attached hydrogens (tertiary/aromatic N) is 3. The van der Waals surface area contributed by atoms with E-state index in [0.717, 1.165) is 77.9 Å². The molecule has 0 spiro atoms. The molecule has 1 saturated heterocycles. The van der Waals surface area contributed by atoms with Gasteiger partial charge in [0.2, 0.25) is 5.91 Å². The number of ether oxygens (including phenoxy) is 1. The van der Waals surface area contributed by atoms with Gasteiger partial charge < -0.3 is 19.9 Å². The van der Waals surface area contributed by atoms with Gasteiger partial charge in [0.25, 0.3) is 0 Å². The lowest BCUT2D eigenvalue weighted by Crippen LogP contribution is -2.47. The predicted octanol–water partition coefficient (Wildman–Crippen LogP) is 6.24. The highest BCUT2D eigenvalue weighted by Gasteiger charge is 2.20. The number of aromatic amines is 1. The molecule has 1 fully saturated rings. The molecule has 0 saturated carbocycles. The summed E-state index contributed by atoms with van der Waals surface area (Å²) in [6, 6.07) is 26.6. The lowest BCUT2D eigenvalue weighted by atomic mass is 10.1. The number of imidazole rings is 1. The maximum atomic E-state index is 12.2. The maximum Gasteiger partial charge on any atom is 0.229 e. The number of para-hydroxylation sites is 1. The molecule has 8 heteroatoms. The Bertz CT molecular complexity index is 1570. The first-order chi connectivity index (χ1) is 20.1. The first-order valence-electron chi connectivity index (χ1n) is 14.2. The largest absolute Gasteiger partial charge is 0.492 e. The van der Waals surface area contributed by atoms with Crippen molar-refractivity contribution >= 4 is 39.7 Å². The van der Waals surface area contributed by atoms with Crippen LogP contribution in [0.15, 0.2) is 84.2 Å². The summed E-state index contributed by atoms with van der Waals surface area (Å²) in [4.78, 5) is 26.7. The Balaban J connectivity index is 0.980. The molecule has 0 atom stereocenters. The number of thiophene rings is 1. The quantitative estimate of drug-likeness (QED) is 0.210. The minimum absolute atomic E-state index is 0.00840. The molecule has 5 aromatic rings. The summed E-state index contributed by atoms with van der Waals surface area (Å²) >= 11 is 1.59. The van der Waals surface area contributed by atoms with Crippen molar-refractivity contribution in [2.45, 2.75) is 19.8 Å². The van der Waals surface area contributed by atoms with Crippen molar-refractivity contribution in [2.24, 2.45) is 0 Å². The van der Waals surface area contributed by atoms with Crippen LogP contribution in [0.2, 0.25) is 0 Å². The van der Waals surface area contributed by atoms with Crippen LogP contribution in [-0.2, 0) is 17.6 Å². The third kappa shape index (κ3) is 6.61. The summed E-state index contributed by atoms with van der Waals surface area (Å²) in [5.41, 5.74) is 6.52. The standard InChI is InChI=1S/C33H35N5O2S/c1-2-24-8-10-25(11-9-24)33-35-29-6-3-7-30(32(29)36-33)38-18-16-37(17-19-38)20-21-40-27-14-12-26(13-15-27)34-31(39)23-28-5-4-22-41-28/h3-15,22H,2,16-21,23H2,1H3,(H,34,39)(H,35,36). The van der Waals surface area contributed by atoms with Gasteiger partial charge in [-0.2, -0.15) is 0 Å². The van der Waals surface area contributed by atoms with Crippen LogP contribution in [0, 0.1) is 0 Å². The van der Waals surface area contributed by atoms with Crippen LogP contribution in [0.5, 0.6) is 5.75 Å². The molecular formula is C33H35N5O2S. The summed E-state index contributed by atoms with van der Waals surface area (Å²) in [6.07, 6.45) is 1.43. The van der Waals surface area contributed by atoms with Crippen LogP contribution in [0.1, 0.15) is 17.4 Å². The molecule has 2 N–H and O–H groups in total. The number of H-pyrrole nitrogens is 1. The molecule has 41 heavy (non-hydrogen) atoms. The number of nitrogens with one attached hydrogen (secondary N) is 2. The number of anilines is 2. The minimum Gasteiger partial charge on any atom is -0.492 e. The predicted molar refractivity (Wildman–Crippen MR) is 168 cm³/mol. The van der Waals surface area contributed by atoms with Gasteiger partial charge in [0, 0.05) is 48.9 Å². The van der Waals surface area contributed by atoms with Crippen molar-refractivity contribution in [3.05, 3.63) is 94.7 Å². The van der Waals surface area contributed by atoms with E-state index in [4.69, 9.17) is 9.72 Å². The van der Waals surface area contributed by atoms with Gasteiger partial charge in [0.1, 0.15) is 23.7 Å². The number of aromatic nitrogens is 2. The van der Waals surface area contributed by atoms with Crippen LogP contribution in [-0.4, -0.2) is 60.1 Å². The van der Waals surface area contributed by atoms with Gasteiger partial charge in [-0.25, -0.2) is 4.98 Å². The van der Waals surface area contributed by atoms with E-state index < -0.39 is 0 Å². The number of hydrogen-bond donors (Lipinski definition) is 2. The number of hydrogen-bond acceptors (Lipinski definition) is 6. The summed E-state index contributed by atoms with van der Waals surface area (Å²) in [7, 11) is 0. The first-order valence-corrected chi connectivity index (χ1v) is 15.1. The fourth-order valence-electron chi connectivity index (χ4n) is 5.22. The molecule has 0 bridgehead atoms. The number of aryl methyl sites for hydroxylation is 1. The highest BCUT2D eigenvalue weighted by atomic mass is 32.1. The minimum atomic E-state index is -0.00840. The first kappa shape index (κ1) is 27.1. The van der Waals surface area contributed by atoms with Crippen LogP contribution in [0.3, 0.4) is 0 Å². The second-order valence-electron chi connectivity index (χ2n) is 10.3. The molecular weight excluding hydrogens is 530 g/mol. The van der Waals surface area contributed by atoms with Crippen LogP contribution < -0.4 is 15.0 Å². The van der Waals surface area contributed by atoms with Crippen molar-refractivity contribution in [3.8, 4) is 17.1 Å². The number of carbonyl (C=O) groups is 1. The van der Waals surface area contributed by atoms with Gasteiger partial charge in [-0.3, -0.25) is 9.69 Å². The Labute approximate surface area is 244 Å². The zero-order valence-electron chi connectivity index (χ0n) is 23.3. The van der Waals surface area contributed by atoms with Gasteiger partial charge in [-0.05, 0) is 59.8 Å². The van der Waals surface area contributed by atoms with E-state index in [-0.39, 0.29) is 5.91 Å². The number of rotatable bonds is 10. The topological polar surface area (TPSA) is 73.5 Å². The molecule has 7 nitrogen and oxygen atoms in total. The van der Waals surface area contributed by atoms with E-state index >= 15 is 0 Å². The van der Waals surface area contributed by atoms with E-state index in [2.05, 4.69) is 69.5 Å². The Morgan fingerprint density at radius 1 is 0.976 bits per heavy atom. The number of amides is 1. The Kier molecular flexibility index (Phi) is 8.30. The van der Waals surface area contributed by atoms with Crippen molar-refractivity contribution in [2.75, 3.05) is 49.5 Å². The highest BCUT2D eigenvalue weighted by molar-refractivity contribution is 7.10. The van der Waals surface area contributed by atoms with E-state index in [1.807, 2.05) is 41.8 Å². The van der Waals surface area contributed by atoms with E-state index in [9.17, 15) is 4.79 Å². The lowest BCUT2D eigenvalue weighted by Gasteiger charge is -2.36. The molecule has 1 amide bonds. The van der Waals surface area contributed by atoms with Gasteiger partial charge in [-0.1, -0.05) is 43.3 Å². The van der Waals surface area contributed by atoms with Crippen LogP contribution in [0.25, 0.3) is 22.4 Å². The van der Waals surface area contributed by atoms with Gasteiger partial charge >= 0.3 is 0 Å². The third-order valence-corrected chi connectivity index (χ3v) is 8.45. The van der Waals surface area contributed by atoms with Gasteiger partial charge in [0.15, 0.2) is 0 Å². The molecule has 1 aliphatic rings. The third-order valence-electron chi connectivity index (χ3n) is 7.57. The van der Waals surface area contributed by atoms with Crippen LogP contribution >= 0.6 is 11.3 Å². The fraction of sp³-hybridized carbons (Fsp3) is 0.273. The summed E-state index contributed by atoms with van der Waals surface area (Å²) in [5, 5.41) is 4.94. The van der Waals surface area contributed by atoms with Crippen molar-refractivity contribution in [3.63, 3.8) is 0 Å². The second-order valence-corrected chi connectivity index (χ2v) is 11.3. The van der Waals surface area contributed by atoms with E-state index in [1.165, 1.54) is 11.3 Å². The molecule has 6 rings (SSSR count). The van der Waals surface area contributed by atoms with E-state index in [0.29, 0.717) is 13.0 Å². The average molecular weight is 566 g/mol. The van der Waals surface area contributed by atoms with Crippen LogP contribution in [0.4, 0.5) is 11.4 Å². The zero-order chi connectivity index (χ0) is 28.0. The van der Waals surface area contributed by atoms with Crippen molar-refractivity contribution in [1.82, 2.24) is 14.9 Å². The maximum absolute atomic E-state index is 12.2. The molecule has 0 radical (unpaired) electrons. The Morgan fingerprint density at radius 3 is 2.51 bits per heavy atom. The van der Waals surface area contributed by atoms with Gasteiger partial charge in [-0.15, -0.1) is 11.3 Å². The molecule has 0 unspecified atom stereocenters. The normalized spacial score (nSPS) is 13.9. The fourth-order valence-corrected chi connectivity index (χ4v) is 5.93. The summed E-state index contributed by atoms with van der Waals surface area (Å²) < 4.78 is 6.00. The molecule has 210 valence electrons. The smallest absolute Gasteiger partial charge is 0.229 e. The highest BCUT2D eigenvalue weighted by Crippen LogP contribution is 2.29. The summed E-state index contributed by atoms with van der Waals surface area (Å²) in [6.45, 7) is 7.52. The molecule has 1 aliphatic heterocycles. The number of benzene rings is 3. The Morgan fingerprint density at radius 2 is 1.78 bits per heavy atom. The second kappa shape index (κ2) is 12.6. The zero-order valence-corrected chi connectivity index (χ0v) is 24.1. The van der Waals surface area contributed by atoms with Crippen molar-refractivity contribution in [1.29, 1.82) is 0 Å². The number of carbonyl (C=O) groups excluding carboxylic acids is 1. The molecule has 0 aliphatic carbocycles. The van der Waals surface area contributed by atoms with Gasteiger partial charge in [0.05, 0.1) is 17.6 Å². The number of piperazine rings is 1. The summed E-state index contributed by atoms with van der Waals surface area (Å²) in [5.74, 6) is 1.72. The lowest BCUT2D eigenvalue weighted by molar-refractivity contribution is -0.115. The SMILES string of the molecule is CCc1ccc(-c2nc3c(N4CCN(CCOc5ccc(NC(=O)Cc6cccs6)cc5)CC4)cccc3[nH]2)cc1. The molecule has 3 heterocycles. The Hall–Kier alpha value is -4.14. The average Bonchev–Trinajstić information content (AvgIpc) is 3.68.